The molecule has 22 heavy (non-hydrogen) atoms. The normalized spacial score (nSPS) is 13.2. The van der Waals surface area contributed by atoms with Crippen LogP contribution in [0.15, 0.2) is 54.6 Å². The second-order valence-electron chi connectivity index (χ2n) is 5.48. The first-order valence-corrected chi connectivity index (χ1v) is 7.89. The van der Waals surface area contributed by atoms with E-state index in [-0.39, 0.29) is 12.2 Å². The van der Waals surface area contributed by atoms with Gasteiger partial charge < -0.3 is 14.8 Å². The van der Waals surface area contributed by atoms with E-state index < -0.39 is 0 Å². The fourth-order valence-electron chi connectivity index (χ4n) is 2.00. The Kier molecular flexibility index (Phi) is 6.13. The van der Waals surface area contributed by atoms with Crippen LogP contribution in [0.1, 0.15) is 27.2 Å². The maximum atomic E-state index is 5.84. The van der Waals surface area contributed by atoms with Gasteiger partial charge in [0.15, 0.2) is 0 Å². The van der Waals surface area contributed by atoms with Crippen molar-refractivity contribution in [3.05, 3.63) is 54.6 Å². The van der Waals surface area contributed by atoms with Gasteiger partial charge in [0.1, 0.15) is 17.6 Å². The zero-order valence-electron chi connectivity index (χ0n) is 13.6. The highest BCUT2D eigenvalue weighted by Gasteiger charge is 2.04. The third-order valence-corrected chi connectivity index (χ3v) is 3.44. The largest absolute Gasteiger partial charge is 0.491 e. The number of anilines is 1. The first-order valence-electron chi connectivity index (χ1n) is 7.89. The molecule has 2 aromatic carbocycles. The van der Waals surface area contributed by atoms with Crippen LogP contribution >= 0.6 is 0 Å². The van der Waals surface area contributed by atoms with Crippen LogP contribution in [-0.2, 0) is 0 Å². The summed E-state index contributed by atoms with van der Waals surface area (Å²) in [6, 6.07) is 17.9. The van der Waals surface area contributed by atoms with Crippen LogP contribution in [0.3, 0.4) is 0 Å². The summed E-state index contributed by atoms with van der Waals surface area (Å²) < 4.78 is 11.6. The lowest BCUT2D eigenvalue weighted by Gasteiger charge is -2.17. The summed E-state index contributed by atoms with van der Waals surface area (Å²) >= 11 is 0. The Bertz CT molecular complexity index is 539. The molecule has 0 spiro atoms. The highest BCUT2D eigenvalue weighted by Crippen LogP contribution is 2.18. The van der Waals surface area contributed by atoms with Crippen LogP contribution in [-0.4, -0.2) is 18.8 Å². The van der Waals surface area contributed by atoms with E-state index in [0.717, 1.165) is 30.2 Å². The molecule has 0 aliphatic heterocycles. The number of hydrogen-bond donors (Lipinski definition) is 1. The molecule has 0 radical (unpaired) electrons. The van der Waals surface area contributed by atoms with Gasteiger partial charge in [0, 0.05) is 5.69 Å². The Morgan fingerprint density at radius 2 is 1.41 bits per heavy atom. The molecule has 0 saturated carbocycles. The molecule has 1 N–H and O–H groups in total. The van der Waals surface area contributed by atoms with E-state index in [1.165, 1.54) is 0 Å². The summed E-state index contributed by atoms with van der Waals surface area (Å²) in [7, 11) is 0. The molecule has 0 aliphatic carbocycles. The second kappa shape index (κ2) is 8.32. The molecule has 0 unspecified atom stereocenters. The van der Waals surface area contributed by atoms with Crippen molar-refractivity contribution in [2.24, 2.45) is 0 Å². The Hall–Kier alpha value is -2.16. The highest BCUT2D eigenvalue weighted by atomic mass is 16.5. The Morgan fingerprint density at radius 1 is 0.818 bits per heavy atom. The van der Waals surface area contributed by atoms with Crippen molar-refractivity contribution >= 4 is 5.69 Å². The number of benzene rings is 2. The molecule has 3 nitrogen and oxygen atoms in total. The standard InChI is InChI=1S/C19H25NO2/c1-4-15(2)21-19-12-10-17(11-13-19)20-14-16(3)22-18-8-6-5-7-9-18/h5-13,15-16,20H,4,14H2,1-3H3/t15-,16-/m1/s1. The molecular weight excluding hydrogens is 274 g/mol. The third kappa shape index (κ3) is 5.32. The molecule has 2 atom stereocenters. The number of nitrogens with one attached hydrogen (secondary N) is 1. The lowest BCUT2D eigenvalue weighted by Crippen LogP contribution is -2.22. The van der Waals surface area contributed by atoms with Crippen LogP contribution in [0, 0.1) is 0 Å². The molecule has 0 aromatic heterocycles. The zero-order chi connectivity index (χ0) is 15.8. The number of para-hydroxylation sites is 1. The summed E-state index contributed by atoms with van der Waals surface area (Å²) in [6.45, 7) is 7.00. The van der Waals surface area contributed by atoms with Crippen molar-refractivity contribution in [2.45, 2.75) is 39.4 Å². The minimum atomic E-state index is 0.0958. The lowest BCUT2D eigenvalue weighted by atomic mass is 10.2. The van der Waals surface area contributed by atoms with E-state index in [1.807, 2.05) is 54.6 Å². The predicted octanol–water partition coefficient (Wildman–Crippen LogP) is 4.74. The van der Waals surface area contributed by atoms with Crippen LogP contribution in [0.2, 0.25) is 0 Å². The van der Waals surface area contributed by atoms with Gasteiger partial charge in [0.2, 0.25) is 0 Å². The van der Waals surface area contributed by atoms with Gasteiger partial charge in [0.05, 0.1) is 12.6 Å². The molecule has 0 amide bonds. The SMILES string of the molecule is CC[C@@H](C)Oc1ccc(NC[C@@H](C)Oc2ccccc2)cc1. The fourth-order valence-corrected chi connectivity index (χ4v) is 2.00. The number of rotatable bonds is 8. The fraction of sp³-hybridized carbons (Fsp3) is 0.368. The van der Waals surface area contributed by atoms with Crippen molar-refractivity contribution in [1.82, 2.24) is 0 Å². The quantitative estimate of drug-likeness (QED) is 0.763. The molecule has 0 heterocycles. The first-order chi connectivity index (χ1) is 10.7. The number of ether oxygens (including phenoxy) is 2. The second-order valence-corrected chi connectivity index (χ2v) is 5.48. The van der Waals surface area contributed by atoms with Crippen molar-refractivity contribution < 1.29 is 9.47 Å². The van der Waals surface area contributed by atoms with Gasteiger partial charge in [-0.2, -0.15) is 0 Å². The summed E-state index contributed by atoms with van der Waals surface area (Å²) in [4.78, 5) is 0. The molecule has 118 valence electrons. The minimum Gasteiger partial charge on any atom is -0.491 e. The maximum Gasteiger partial charge on any atom is 0.119 e. The van der Waals surface area contributed by atoms with E-state index in [4.69, 9.17) is 9.47 Å². The summed E-state index contributed by atoms with van der Waals surface area (Å²) in [5.74, 6) is 1.81. The Labute approximate surface area is 133 Å². The highest BCUT2D eigenvalue weighted by molar-refractivity contribution is 5.46. The topological polar surface area (TPSA) is 30.5 Å². The van der Waals surface area contributed by atoms with Gasteiger partial charge in [-0.1, -0.05) is 25.1 Å². The van der Waals surface area contributed by atoms with Crippen LogP contribution in [0.5, 0.6) is 11.5 Å². The van der Waals surface area contributed by atoms with Crippen molar-refractivity contribution in [2.75, 3.05) is 11.9 Å². The molecule has 0 saturated heterocycles. The lowest BCUT2D eigenvalue weighted by molar-refractivity contribution is 0.217. The summed E-state index contributed by atoms with van der Waals surface area (Å²) in [5.41, 5.74) is 1.07. The molecule has 2 rings (SSSR count). The molecule has 0 bridgehead atoms. The third-order valence-electron chi connectivity index (χ3n) is 3.44. The van der Waals surface area contributed by atoms with Crippen molar-refractivity contribution in [1.29, 1.82) is 0 Å². The van der Waals surface area contributed by atoms with Gasteiger partial charge in [-0.15, -0.1) is 0 Å². The van der Waals surface area contributed by atoms with E-state index in [2.05, 4.69) is 26.1 Å². The van der Waals surface area contributed by atoms with Crippen molar-refractivity contribution in [3.8, 4) is 11.5 Å². The monoisotopic (exact) mass is 299 g/mol. The van der Waals surface area contributed by atoms with Crippen molar-refractivity contribution in [3.63, 3.8) is 0 Å². The van der Waals surface area contributed by atoms with Crippen LogP contribution in [0.4, 0.5) is 5.69 Å². The predicted molar refractivity (Wildman–Crippen MR) is 91.8 cm³/mol. The van der Waals surface area contributed by atoms with Gasteiger partial charge in [-0.05, 0) is 56.7 Å². The minimum absolute atomic E-state index is 0.0958. The Balaban J connectivity index is 1.79. The average Bonchev–Trinajstić information content (AvgIpc) is 2.55. The average molecular weight is 299 g/mol. The van der Waals surface area contributed by atoms with E-state index >= 15 is 0 Å². The molecule has 0 aliphatic rings. The number of hydrogen-bond acceptors (Lipinski definition) is 3. The van der Waals surface area contributed by atoms with Crippen LogP contribution in [0.25, 0.3) is 0 Å². The van der Waals surface area contributed by atoms with E-state index in [9.17, 15) is 0 Å². The Morgan fingerprint density at radius 3 is 2.05 bits per heavy atom. The van der Waals surface area contributed by atoms with Gasteiger partial charge in [0.25, 0.3) is 0 Å². The van der Waals surface area contributed by atoms with Gasteiger partial charge in [-0.25, -0.2) is 0 Å². The van der Waals surface area contributed by atoms with Gasteiger partial charge >= 0.3 is 0 Å². The molecule has 3 heteroatoms. The molecule has 2 aromatic rings. The maximum absolute atomic E-state index is 5.84. The summed E-state index contributed by atoms with van der Waals surface area (Å²) in [5, 5.41) is 3.38. The molecule has 0 fully saturated rings. The molecular formula is C19H25NO2. The summed E-state index contributed by atoms with van der Waals surface area (Å²) in [6.07, 6.45) is 1.35. The zero-order valence-corrected chi connectivity index (χ0v) is 13.6. The van der Waals surface area contributed by atoms with Gasteiger partial charge in [-0.3, -0.25) is 0 Å². The van der Waals surface area contributed by atoms with E-state index in [0.29, 0.717) is 0 Å². The van der Waals surface area contributed by atoms with Crippen LogP contribution < -0.4 is 14.8 Å². The smallest absolute Gasteiger partial charge is 0.119 e. The van der Waals surface area contributed by atoms with E-state index in [1.54, 1.807) is 0 Å². The first kappa shape index (κ1) is 16.2.